The van der Waals surface area contributed by atoms with Gasteiger partial charge in [-0.1, -0.05) is 35.0 Å². The van der Waals surface area contributed by atoms with E-state index in [1.165, 1.54) is 18.0 Å². The minimum Gasteiger partial charge on any atom is -0.493 e. The largest absolute Gasteiger partial charge is 0.493 e. The summed E-state index contributed by atoms with van der Waals surface area (Å²) in [5.74, 6) is 1.58. The molecule has 0 fully saturated rings. The molecule has 0 atom stereocenters. The Kier molecular flexibility index (Phi) is 8.48. The lowest BCUT2D eigenvalue weighted by molar-refractivity contribution is -0.118. The molecule has 0 aliphatic carbocycles. The fourth-order valence-corrected chi connectivity index (χ4v) is 4.24. The van der Waals surface area contributed by atoms with Crippen LogP contribution in [-0.2, 0) is 4.79 Å². The number of hydrazone groups is 1. The van der Waals surface area contributed by atoms with Crippen molar-refractivity contribution in [2.45, 2.75) is 5.16 Å². The number of nitrogens with one attached hydrogen (secondary N) is 1. The van der Waals surface area contributed by atoms with Gasteiger partial charge >= 0.3 is 0 Å². The Hall–Kier alpha value is -3.53. The Balaban J connectivity index is 1.48. The summed E-state index contributed by atoms with van der Waals surface area (Å²) >= 11 is 13.4. The zero-order chi connectivity index (χ0) is 25.5. The molecule has 0 radical (unpaired) electrons. The number of benzene rings is 3. The maximum Gasteiger partial charge on any atom is 0.250 e. The van der Waals surface area contributed by atoms with Crippen molar-refractivity contribution in [3.8, 4) is 28.6 Å². The molecule has 0 aliphatic heterocycles. The Bertz CT molecular complexity index is 1380. The highest BCUT2D eigenvalue weighted by Crippen LogP contribution is 2.29. The minimum absolute atomic E-state index is 0.0790. The van der Waals surface area contributed by atoms with E-state index >= 15 is 0 Å². The maximum atomic E-state index is 12.5. The number of amides is 1. The number of aromatic nitrogens is 3. The molecule has 0 saturated carbocycles. The Labute approximate surface area is 222 Å². The quantitative estimate of drug-likeness (QED) is 0.171. The van der Waals surface area contributed by atoms with Crippen molar-refractivity contribution < 1.29 is 14.3 Å². The van der Waals surface area contributed by atoms with Crippen LogP contribution in [0.15, 0.2) is 77.0 Å². The lowest BCUT2D eigenvalue weighted by atomic mass is 10.2. The molecule has 3 aromatic carbocycles. The van der Waals surface area contributed by atoms with Gasteiger partial charge in [0, 0.05) is 21.3 Å². The third kappa shape index (κ3) is 6.17. The zero-order valence-corrected chi connectivity index (χ0v) is 21.6. The van der Waals surface area contributed by atoms with Crippen LogP contribution in [0.2, 0.25) is 10.0 Å². The SMILES string of the molecule is COc1ccc(/C=N/NC(=O)CSc2nnc(-c3ccc(Cl)cc3)n2-c2ccc(Cl)cc2)cc1OC. The molecule has 0 spiro atoms. The van der Waals surface area contributed by atoms with Gasteiger partial charge in [0.05, 0.1) is 26.2 Å². The molecule has 0 bridgehead atoms. The molecule has 8 nitrogen and oxygen atoms in total. The van der Waals surface area contributed by atoms with Gasteiger partial charge in [0.2, 0.25) is 0 Å². The number of methoxy groups -OCH3 is 2. The van der Waals surface area contributed by atoms with Crippen molar-refractivity contribution >= 4 is 47.1 Å². The summed E-state index contributed by atoms with van der Waals surface area (Å²) < 4.78 is 12.4. The standard InChI is InChI=1S/C25H21Cl2N5O3S/c1-34-21-12-3-16(13-22(21)35-2)14-28-29-23(33)15-36-25-31-30-24(17-4-6-18(26)7-5-17)32(25)20-10-8-19(27)9-11-20/h3-14H,15H2,1-2H3,(H,29,33)/b28-14+. The van der Waals surface area contributed by atoms with E-state index in [4.69, 9.17) is 32.7 Å². The summed E-state index contributed by atoms with van der Waals surface area (Å²) in [5, 5.41) is 14.5. The van der Waals surface area contributed by atoms with Crippen molar-refractivity contribution in [3.05, 3.63) is 82.3 Å². The summed E-state index contributed by atoms with van der Waals surface area (Å²) in [7, 11) is 3.12. The topological polar surface area (TPSA) is 90.6 Å². The molecule has 1 amide bonds. The Morgan fingerprint density at radius 1 is 0.972 bits per heavy atom. The predicted molar refractivity (Wildman–Crippen MR) is 143 cm³/mol. The van der Waals surface area contributed by atoms with E-state index in [2.05, 4.69) is 20.7 Å². The lowest BCUT2D eigenvalue weighted by Crippen LogP contribution is -2.20. The van der Waals surface area contributed by atoms with E-state index in [0.29, 0.717) is 32.5 Å². The number of nitrogens with zero attached hydrogens (tertiary/aromatic N) is 4. The van der Waals surface area contributed by atoms with Gasteiger partial charge in [-0.25, -0.2) is 5.43 Å². The van der Waals surface area contributed by atoms with Crippen molar-refractivity contribution in [1.82, 2.24) is 20.2 Å². The third-order valence-corrected chi connectivity index (χ3v) is 6.40. The summed E-state index contributed by atoms with van der Waals surface area (Å²) in [6, 6.07) is 19.9. The van der Waals surface area contributed by atoms with E-state index < -0.39 is 0 Å². The first-order valence-electron chi connectivity index (χ1n) is 10.6. The first kappa shape index (κ1) is 25.6. The number of rotatable bonds is 9. The molecule has 0 aliphatic rings. The highest BCUT2D eigenvalue weighted by Gasteiger charge is 2.17. The van der Waals surface area contributed by atoms with Crippen molar-refractivity contribution in [2.75, 3.05) is 20.0 Å². The monoisotopic (exact) mass is 541 g/mol. The number of carbonyl (C=O) groups is 1. The fourth-order valence-electron chi connectivity index (χ4n) is 3.25. The van der Waals surface area contributed by atoms with E-state index in [-0.39, 0.29) is 11.7 Å². The minimum atomic E-state index is -0.296. The average molecular weight is 542 g/mol. The summed E-state index contributed by atoms with van der Waals surface area (Å²) in [5.41, 5.74) is 4.91. The molecule has 4 rings (SSSR count). The van der Waals surface area contributed by atoms with Gasteiger partial charge in [0.15, 0.2) is 22.5 Å². The smallest absolute Gasteiger partial charge is 0.250 e. The van der Waals surface area contributed by atoms with Crippen LogP contribution in [0, 0.1) is 0 Å². The third-order valence-electron chi connectivity index (χ3n) is 4.96. The molecule has 184 valence electrons. The molecule has 0 unspecified atom stereocenters. The van der Waals surface area contributed by atoms with Crippen LogP contribution < -0.4 is 14.9 Å². The molecule has 1 heterocycles. The maximum absolute atomic E-state index is 12.5. The van der Waals surface area contributed by atoms with Crippen molar-refractivity contribution in [1.29, 1.82) is 0 Å². The molecule has 0 saturated heterocycles. The second-order valence-corrected chi connectivity index (χ2v) is 9.14. The molecule has 11 heteroatoms. The van der Waals surface area contributed by atoms with Gasteiger partial charge in [-0.05, 0) is 72.3 Å². The van der Waals surface area contributed by atoms with Crippen molar-refractivity contribution in [2.24, 2.45) is 5.10 Å². The average Bonchev–Trinajstić information content (AvgIpc) is 3.32. The van der Waals surface area contributed by atoms with Gasteiger partial charge in [0.25, 0.3) is 5.91 Å². The molecule has 1 N–H and O–H groups in total. The van der Waals surface area contributed by atoms with Crippen LogP contribution in [0.1, 0.15) is 5.56 Å². The van der Waals surface area contributed by atoms with Crippen LogP contribution in [0.4, 0.5) is 0 Å². The lowest BCUT2D eigenvalue weighted by Gasteiger charge is -2.10. The molecule has 4 aromatic rings. The van der Waals surface area contributed by atoms with Gasteiger partial charge in [-0.3, -0.25) is 9.36 Å². The van der Waals surface area contributed by atoms with E-state index in [1.807, 2.05) is 28.8 Å². The summed E-state index contributed by atoms with van der Waals surface area (Å²) in [6.45, 7) is 0. The van der Waals surface area contributed by atoms with Crippen LogP contribution >= 0.6 is 35.0 Å². The zero-order valence-electron chi connectivity index (χ0n) is 19.3. The highest BCUT2D eigenvalue weighted by atomic mass is 35.5. The predicted octanol–water partition coefficient (Wildman–Crippen LogP) is 5.50. The molecule has 36 heavy (non-hydrogen) atoms. The van der Waals surface area contributed by atoms with Gasteiger partial charge in [-0.2, -0.15) is 5.10 Å². The second kappa shape index (κ2) is 11.9. The molecule has 1 aromatic heterocycles. The molecular formula is C25H21Cl2N5O3S. The van der Waals surface area contributed by atoms with Crippen LogP contribution in [0.5, 0.6) is 11.5 Å². The van der Waals surface area contributed by atoms with E-state index in [9.17, 15) is 4.79 Å². The van der Waals surface area contributed by atoms with E-state index in [1.54, 1.807) is 56.7 Å². The highest BCUT2D eigenvalue weighted by molar-refractivity contribution is 7.99. The number of hydrogen-bond donors (Lipinski definition) is 1. The fraction of sp³-hybridized carbons (Fsp3) is 0.120. The van der Waals surface area contributed by atoms with Crippen LogP contribution in [-0.4, -0.2) is 46.9 Å². The normalized spacial score (nSPS) is 11.0. The Morgan fingerprint density at radius 3 is 2.31 bits per heavy atom. The van der Waals surface area contributed by atoms with Gasteiger partial charge in [-0.15, -0.1) is 10.2 Å². The second-order valence-electron chi connectivity index (χ2n) is 7.32. The number of hydrogen-bond acceptors (Lipinski definition) is 7. The summed E-state index contributed by atoms with van der Waals surface area (Å²) in [4.78, 5) is 12.5. The van der Waals surface area contributed by atoms with Crippen molar-refractivity contribution in [3.63, 3.8) is 0 Å². The number of thioether (sulfide) groups is 1. The Morgan fingerprint density at radius 2 is 1.64 bits per heavy atom. The van der Waals surface area contributed by atoms with Crippen LogP contribution in [0.25, 0.3) is 17.1 Å². The molecular weight excluding hydrogens is 521 g/mol. The van der Waals surface area contributed by atoms with Gasteiger partial charge in [0.1, 0.15) is 0 Å². The van der Waals surface area contributed by atoms with Crippen LogP contribution in [0.3, 0.4) is 0 Å². The van der Waals surface area contributed by atoms with Gasteiger partial charge < -0.3 is 9.47 Å². The number of carbonyl (C=O) groups excluding carboxylic acids is 1. The van der Waals surface area contributed by atoms with E-state index in [0.717, 1.165) is 16.8 Å². The first-order chi connectivity index (χ1) is 17.5. The summed E-state index contributed by atoms with van der Waals surface area (Å²) in [6.07, 6.45) is 1.53. The number of ether oxygens (including phenoxy) is 2. The first-order valence-corrected chi connectivity index (χ1v) is 12.4. The number of halogens is 2.